The molecule has 140 valence electrons. The van der Waals surface area contributed by atoms with Crippen LogP contribution in [0.5, 0.6) is 0 Å². The highest BCUT2D eigenvalue weighted by Gasteiger charge is 2.18. The van der Waals surface area contributed by atoms with Gasteiger partial charge >= 0.3 is 0 Å². The van der Waals surface area contributed by atoms with Crippen molar-refractivity contribution in [1.82, 2.24) is 24.6 Å². The number of piperazine rings is 1. The normalized spacial score (nSPS) is 15.3. The Hall–Kier alpha value is -2.93. The van der Waals surface area contributed by atoms with Gasteiger partial charge in [0.05, 0.1) is 17.1 Å². The summed E-state index contributed by atoms with van der Waals surface area (Å²) in [5.74, 6) is 0.755. The van der Waals surface area contributed by atoms with Gasteiger partial charge in [-0.3, -0.25) is 9.89 Å². The predicted molar refractivity (Wildman–Crippen MR) is 107 cm³/mol. The molecule has 0 amide bonds. The molecule has 0 radical (unpaired) electrons. The third-order valence-corrected chi connectivity index (χ3v) is 5.12. The van der Waals surface area contributed by atoms with Crippen LogP contribution in [-0.4, -0.2) is 57.9 Å². The summed E-state index contributed by atoms with van der Waals surface area (Å²) in [6.07, 6.45) is 1.81. The summed E-state index contributed by atoms with van der Waals surface area (Å²) in [5, 5.41) is 3.20. The number of aromatic amines is 1. The molecule has 1 aromatic carbocycles. The van der Waals surface area contributed by atoms with E-state index in [1.807, 2.05) is 44.3 Å². The summed E-state index contributed by atoms with van der Waals surface area (Å²) in [5.41, 5.74) is 4.22. The highest BCUT2D eigenvalue weighted by molar-refractivity contribution is 5.61. The monoisotopic (exact) mass is 364 g/mol. The highest BCUT2D eigenvalue weighted by Crippen LogP contribution is 2.22. The van der Waals surface area contributed by atoms with Crippen LogP contribution in [0.2, 0.25) is 0 Å². The molecule has 1 N–H and O–H groups in total. The lowest BCUT2D eigenvalue weighted by Gasteiger charge is -2.32. The second kappa shape index (κ2) is 7.00. The standard InChI is InChI=1S/C20H24N6O/c1-14-6-4-5-7-18(14)26-19(27)12-17(23-26)16-13-21-20(22-15(16)2)25-10-8-24(3)9-11-25/h4-7,12-13,23H,8-11H2,1-3H3. The zero-order chi connectivity index (χ0) is 19.0. The molecule has 0 saturated carbocycles. The lowest BCUT2D eigenvalue weighted by Crippen LogP contribution is -2.45. The van der Waals surface area contributed by atoms with E-state index in [4.69, 9.17) is 4.98 Å². The number of nitrogens with one attached hydrogen (secondary N) is 1. The van der Waals surface area contributed by atoms with Crippen LogP contribution in [0.1, 0.15) is 11.3 Å². The summed E-state index contributed by atoms with van der Waals surface area (Å²) in [6.45, 7) is 7.82. The molecule has 4 rings (SSSR count). The van der Waals surface area contributed by atoms with Gasteiger partial charge in [-0.15, -0.1) is 0 Å². The fraction of sp³-hybridized carbons (Fsp3) is 0.350. The van der Waals surface area contributed by atoms with Crippen LogP contribution in [0.4, 0.5) is 5.95 Å². The molecular weight excluding hydrogens is 340 g/mol. The van der Waals surface area contributed by atoms with Gasteiger partial charge in [0.15, 0.2) is 0 Å². The maximum atomic E-state index is 12.5. The summed E-state index contributed by atoms with van der Waals surface area (Å²) in [7, 11) is 2.13. The number of likely N-dealkylation sites (N-methyl/N-ethyl adjacent to an activating group) is 1. The molecule has 0 spiro atoms. The molecular formula is C20H24N6O. The maximum absolute atomic E-state index is 12.5. The van der Waals surface area contributed by atoms with E-state index in [0.29, 0.717) is 0 Å². The first-order valence-corrected chi connectivity index (χ1v) is 9.18. The molecule has 0 bridgehead atoms. The van der Waals surface area contributed by atoms with Crippen LogP contribution in [0.3, 0.4) is 0 Å². The summed E-state index contributed by atoms with van der Waals surface area (Å²) < 4.78 is 1.57. The molecule has 2 aromatic heterocycles. The number of rotatable bonds is 3. The van der Waals surface area contributed by atoms with Crippen LogP contribution in [0.15, 0.2) is 41.3 Å². The molecule has 7 heteroatoms. The zero-order valence-corrected chi connectivity index (χ0v) is 15.9. The van der Waals surface area contributed by atoms with Crippen molar-refractivity contribution in [3.05, 3.63) is 58.1 Å². The molecule has 27 heavy (non-hydrogen) atoms. The molecule has 3 aromatic rings. The Bertz CT molecular complexity index is 1010. The quantitative estimate of drug-likeness (QED) is 0.770. The van der Waals surface area contributed by atoms with Crippen LogP contribution in [0.25, 0.3) is 16.9 Å². The number of anilines is 1. The van der Waals surface area contributed by atoms with Gasteiger partial charge in [-0.2, -0.15) is 0 Å². The smallest absolute Gasteiger partial charge is 0.271 e. The first-order valence-electron chi connectivity index (χ1n) is 9.18. The fourth-order valence-corrected chi connectivity index (χ4v) is 3.41. The van der Waals surface area contributed by atoms with Gasteiger partial charge in [0.25, 0.3) is 5.56 Å². The molecule has 1 saturated heterocycles. The number of benzene rings is 1. The largest absolute Gasteiger partial charge is 0.338 e. The first-order chi connectivity index (χ1) is 13.0. The Kier molecular flexibility index (Phi) is 4.53. The molecule has 3 heterocycles. The Morgan fingerprint density at radius 2 is 1.81 bits per heavy atom. The number of para-hydroxylation sites is 1. The van der Waals surface area contributed by atoms with Gasteiger partial charge < -0.3 is 9.80 Å². The lowest BCUT2D eigenvalue weighted by atomic mass is 10.2. The molecule has 0 atom stereocenters. The molecule has 1 aliphatic rings. The van der Waals surface area contributed by atoms with Gasteiger partial charge in [0.2, 0.25) is 5.95 Å². The average molecular weight is 364 g/mol. The average Bonchev–Trinajstić information content (AvgIpc) is 3.04. The second-order valence-electron chi connectivity index (χ2n) is 7.09. The van der Waals surface area contributed by atoms with Crippen molar-refractivity contribution in [3.63, 3.8) is 0 Å². The third kappa shape index (κ3) is 3.38. The van der Waals surface area contributed by atoms with Gasteiger partial charge in [0, 0.05) is 44.0 Å². The molecule has 1 aliphatic heterocycles. The molecule has 7 nitrogen and oxygen atoms in total. The van der Waals surface area contributed by atoms with E-state index in [1.165, 1.54) is 0 Å². The van der Waals surface area contributed by atoms with Crippen LogP contribution in [-0.2, 0) is 0 Å². The number of hydrogen-bond donors (Lipinski definition) is 1. The van der Waals surface area contributed by atoms with E-state index >= 15 is 0 Å². The SMILES string of the molecule is Cc1ccccc1-n1[nH]c(-c2cnc(N3CCN(C)CC3)nc2C)cc1=O. The number of aryl methyl sites for hydroxylation is 2. The topological polar surface area (TPSA) is 70.1 Å². The van der Waals surface area contributed by atoms with Gasteiger partial charge in [-0.1, -0.05) is 18.2 Å². The minimum Gasteiger partial charge on any atom is -0.338 e. The molecule has 1 fully saturated rings. The van der Waals surface area contributed by atoms with Crippen molar-refractivity contribution in [2.45, 2.75) is 13.8 Å². The van der Waals surface area contributed by atoms with Gasteiger partial charge in [-0.05, 0) is 32.5 Å². The maximum Gasteiger partial charge on any atom is 0.271 e. The van der Waals surface area contributed by atoms with Gasteiger partial charge in [-0.25, -0.2) is 14.6 Å². The minimum absolute atomic E-state index is 0.0955. The molecule has 0 aliphatic carbocycles. The van der Waals surface area contributed by atoms with Gasteiger partial charge in [0.1, 0.15) is 0 Å². The lowest BCUT2D eigenvalue weighted by molar-refractivity contribution is 0.311. The molecule has 0 unspecified atom stereocenters. The Balaban J connectivity index is 1.66. The number of hydrogen-bond acceptors (Lipinski definition) is 5. The summed E-state index contributed by atoms with van der Waals surface area (Å²) in [4.78, 5) is 26.3. The van der Waals surface area contributed by atoms with Crippen molar-refractivity contribution in [2.75, 3.05) is 38.1 Å². The van der Waals surface area contributed by atoms with E-state index in [-0.39, 0.29) is 5.56 Å². The fourth-order valence-electron chi connectivity index (χ4n) is 3.41. The number of H-pyrrole nitrogens is 1. The van der Waals surface area contributed by atoms with E-state index in [9.17, 15) is 4.79 Å². The number of nitrogens with zero attached hydrogens (tertiary/aromatic N) is 5. The predicted octanol–water partition coefficient (Wildman–Crippen LogP) is 1.99. The summed E-state index contributed by atoms with van der Waals surface area (Å²) >= 11 is 0. The number of aromatic nitrogens is 4. The minimum atomic E-state index is -0.0955. The van der Waals surface area contributed by atoms with Crippen LogP contribution < -0.4 is 10.5 Å². The second-order valence-corrected chi connectivity index (χ2v) is 7.09. The van der Waals surface area contributed by atoms with Crippen molar-refractivity contribution in [1.29, 1.82) is 0 Å². The van der Waals surface area contributed by atoms with Crippen LogP contribution in [0, 0.1) is 13.8 Å². The first kappa shape index (κ1) is 17.5. The van der Waals surface area contributed by atoms with Crippen molar-refractivity contribution >= 4 is 5.95 Å². The Labute approximate surface area is 158 Å². The van der Waals surface area contributed by atoms with E-state index in [1.54, 1.807) is 10.7 Å². The van der Waals surface area contributed by atoms with Crippen molar-refractivity contribution in [2.24, 2.45) is 0 Å². The van der Waals surface area contributed by atoms with Crippen molar-refractivity contribution < 1.29 is 0 Å². The third-order valence-electron chi connectivity index (χ3n) is 5.12. The van der Waals surface area contributed by atoms with E-state index in [2.05, 4.69) is 26.9 Å². The Morgan fingerprint density at radius 3 is 2.52 bits per heavy atom. The van der Waals surface area contributed by atoms with E-state index < -0.39 is 0 Å². The van der Waals surface area contributed by atoms with E-state index in [0.717, 1.165) is 60.3 Å². The van der Waals surface area contributed by atoms with Crippen molar-refractivity contribution in [3.8, 4) is 16.9 Å². The zero-order valence-electron chi connectivity index (χ0n) is 15.9. The summed E-state index contributed by atoms with van der Waals surface area (Å²) in [6, 6.07) is 9.41. The Morgan fingerprint density at radius 1 is 1.07 bits per heavy atom. The highest BCUT2D eigenvalue weighted by atomic mass is 16.1. The van der Waals surface area contributed by atoms with Crippen LogP contribution >= 0.6 is 0 Å².